The third kappa shape index (κ3) is 2.76. The summed E-state index contributed by atoms with van der Waals surface area (Å²) in [5.74, 6) is 0.127. The Labute approximate surface area is 122 Å². The lowest BCUT2D eigenvalue weighted by Gasteiger charge is -2.30. The van der Waals surface area contributed by atoms with Gasteiger partial charge < -0.3 is 10.6 Å². The van der Waals surface area contributed by atoms with Crippen molar-refractivity contribution in [3.05, 3.63) is 35.2 Å². The third-order valence-corrected chi connectivity index (χ3v) is 4.42. The molecule has 2 heterocycles. The number of nitrogens with two attached hydrogens (primary N) is 1. The van der Waals surface area contributed by atoms with Crippen LogP contribution >= 0.6 is 23.7 Å². The van der Waals surface area contributed by atoms with Crippen molar-refractivity contribution in [3.8, 4) is 0 Å². The summed E-state index contributed by atoms with van der Waals surface area (Å²) in [5, 5.41) is 3.03. The molecule has 102 valence electrons. The molecule has 1 aliphatic rings. The minimum absolute atomic E-state index is 0. The number of rotatable bonds is 1. The molecule has 1 amide bonds. The van der Waals surface area contributed by atoms with Crippen molar-refractivity contribution in [2.24, 2.45) is 5.73 Å². The molecule has 1 saturated heterocycles. The highest BCUT2D eigenvalue weighted by Crippen LogP contribution is 2.27. The Bertz CT molecular complexity index is 584. The smallest absolute Gasteiger partial charge is 0.255 e. The van der Waals surface area contributed by atoms with Gasteiger partial charge in [0.25, 0.3) is 5.91 Å². The van der Waals surface area contributed by atoms with E-state index in [4.69, 9.17) is 5.73 Å². The highest BCUT2D eigenvalue weighted by molar-refractivity contribution is 7.17. The zero-order valence-corrected chi connectivity index (χ0v) is 12.2. The fraction of sp³-hybridized carbons (Fsp3) is 0.357. The fourth-order valence-electron chi connectivity index (χ4n) is 2.51. The first-order chi connectivity index (χ1) is 8.75. The number of hydrogen-bond donors (Lipinski definition) is 1. The molecule has 5 heteroatoms. The average molecular weight is 297 g/mol. The van der Waals surface area contributed by atoms with Gasteiger partial charge in [-0.1, -0.05) is 18.2 Å². The molecule has 1 aromatic heterocycles. The van der Waals surface area contributed by atoms with E-state index in [1.54, 1.807) is 11.3 Å². The Morgan fingerprint density at radius 2 is 2.16 bits per heavy atom. The number of fused-ring (bicyclic) bond motifs is 1. The standard InChI is InChI=1S/C14H16N2OS.ClH/c15-10-4-3-7-16(8-10)14(17)12-9-18-13-6-2-1-5-11(12)13;/h1-2,5-6,9-10H,3-4,7-8,15H2;1H. The zero-order chi connectivity index (χ0) is 12.5. The van der Waals surface area contributed by atoms with E-state index in [-0.39, 0.29) is 24.4 Å². The van der Waals surface area contributed by atoms with Crippen molar-refractivity contribution in [3.63, 3.8) is 0 Å². The molecule has 3 rings (SSSR count). The van der Waals surface area contributed by atoms with Crippen LogP contribution in [-0.4, -0.2) is 29.9 Å². The number of likely N-dealkylation sites (tertiary alicyclic amines) is 1. The SMILES string of the molecule is Cl.NC1CCCN(C(=O)c2csc3ccccc23)C1. The van der Waals surface area contributed by atoms with Gasteiger partial charge in [0.1, 0.15) is 0 Å². The molecule has 0 aliphatic carbocycles. The lowest BCUT2D eigenvalue weighted by Crippen LogP contribution is -2.45. The van der Waals surface area contributed by atoms with Gasteiger partial charge in [0.2, 0.25) is 0 Å². The first-order valence-corrected chi connectivity index (χ1v) is 7.15. The van der Waals surface area contributed by atoms with Crippen LogP contribution in [-0.2, 0) is 0 Å². The van der Waals surface area contributed by atoms with Crippen molar-refractivity contribution < 1.29 is 4.79 Å². The van der Waals surface area contributed by atoms with E-state index in [0.717, 1.165) is 30.3 Å². The van der Waals surface area contributed by atoms with Crippen molar-refractivity contribution in [1.82, 2.24) is 4.90 Å². The largest absolute Gasteiger partial charge is 0.337 e. The molecule has 0 bridgehead atoms. The third-order valence-electron chi connectivity index (χ3n) is 3.46. The molecule has 1 unspecified atom stereocenters. The van der Waals surface area contributed by atoms with Crippen LogP contribution in [0.25, 0.3) is 10.1 Å². The van der Waals surface area contributed by atoms with Crippen LogP contribution < -0.4 is 5.73 Å². The summed E-state index contributed by atoms with van der Waals surface area (Å²) < 4.78 is 1.17. The number of carbonyl (C=O) groups excluding carboxylic acids is 1. The average Bonchev–Trinajstić information content (AvgIpc) is 2.82. The van der Waals surface area contributed by atoms with Gasteiger partial charge in [-0.15, -0.1) is 23.7 Å². The Morgan fingerprint density at radius 1 is 1.37 bits per heavy atom. The number of thiophene rings is 1. The summed E-state index contributed by atoms with van der Waals surface area (Å²) in [6.45, 7) is 1.51. The molecule has 0 radical (unpaired) electrons. The molecular weight excluding hydrogens is 280 g/mol. The van der Waals surface area contributed by atoms with Crippen molar-refractivity contribution in [2.75, 3.05) is 13.1 Å². The molecule has 3 nitrogen and oxygen atoms in total. The second-order valence-electron chi connectivity index (χ2n) is 4.80. The maximum Gasteiger partial charge on any atom is 0.255 e. The summed E-state index contributed by atoms with van der Waals surface area (Å²) in [4.78, 5) is 14.4. The molecule has 2 N–H and O–H groups in total. The number of carbonyl (C=O) groups is 1. The molecule has 1 atom stereocenters. The first-order valence-electron chi connectivity index (χ1n) is 6.27. The summed E-state index contributed by atoms with van der Waals surface area (Å²) in [7, 11) is 0. The lowest BCUT2D eigenvalue weighted by atomic mass is 10.1. The van der Waals surface area contributed by atoms with Crippen LogP contribution in [0.4, 0.5) is 0 Å². The van der Waals surface area contributed by atoms with Gasteiger partial charge in [-0.3, -0.25) is 4.79 Å². The number of piperidine rings is 1. The zero-order valence-electron chi connectivity index (χ0n) is 10.5. The van der Waals surface area contributed by atoms with Gasteiger partial charge in [0, 0.05) is 34.6 Å². The maximum absolute atomic E-state index is 12.5. The van der Waals surface area contributed by atoms with Gasteiger partial charge in [-0.25, -0.2) is 0 Å². The number of amides is 1. The highest BCUT2D eigenvalue weighted by atomic mass is 35.5. The van der Waals surface area contributed by atoms with E-state index >= 15 is 0 Å². The van der Waals surface area contributed by atoms with Crippen LogP contribution in [0.5, 0.6) is 0 Å². The van der Waals surface area contributed by atoms with E-state index in [1.807, 2.05) is 28.5 Å². The Balaban J connectivity index is 0.00000133. The Hall–Kier alpha value is -1.10. The fourth-order valence-corrected chi connectivity index (χ4v) is 3.44. The monoisotopic (exact) mass is 296 g/mol. The second kappa shape index (κ2) is 5.90. The minimum Gasteiger partial charge on any atom is -0.337 e. The molecule has 1 fully saturated rings. The molecule has 1 aliphatic heterocycles. The van der Waals surface area contributed by atoms with Crippen LogP contribution in [0.1, 0.15) is 23.2 Å². The van der Waals surface area contributed by atoms with E-state index in [1.165, 1.54) is 4.70 Å². The van der Waals surface area contributed by atoms with Crippen LogP contribution in [0, 0.1) is 0 Å². The van der Waals surface area contributed by atoms with E-state index in [9.17, 15) is 4.79 Å². The normalized spacial score (nSPS) is 19.2. The summed E-state index contributed by atoms with van der Waals surface area (Å²) in [6, 6.07) is 8.19. The second-order valence-corrected chi connectivity index (χ2v) is 5.71. The van der Waals surface area contributed by atoms with Gasteiger partial charge in [-0.2, -0.15) is 0 Å². The maximum atomic E-state index is 12.5. The quantitative estimate of drug-likeness (QED) is 0.879. The molecule has 0 saturated carbocycles. The molecule has 1 aromatic carbocycles. The summed E-state index contributed by atoms with van der Waals surface area (Å²) in [5.41, 5.74) is 6.76. The lowest BCUT2D eigenvalue weighted by molar-refractivity contribution is 0.0711. The molecule has 19 heavy (non-hydrogen) atoms. The number of benzene rings is 1. The summed E-state index contributed by atoms with van der Waals surface area (Å²) >= 11 is 1.63. The van der Waals surface area contributed by atoms with E-state index in [0.29, 0.717) is 6.54 Å². The number of hydrogen-bond acceptors (Lipinski definition) is 3. The Kier molecular flexibility index (Phi) is 4.45. The first kappa shape index (κ1) is 14.3. The predicted octanol–water partition coefficient (Wildman–Crippen LogP) is 2.89. The number of halogens is 1. The van der Waals surface area contributed by atoms with Crippen molar-refractivity contribution in [1.29, 1.82) is 0 Å². The van der Waals surface area contributed by atoms with Gasteiger partial charge >= 0.3 is 0 Å². The van der Waals surface area contributed by atoms with E-state index < -0.39 is 0 Å². The van der Waals surface area contributed by atoms with Crippen LogP contribution in [0.2, 0.25) is 0 Å². The Morgan fingerprint density at radius 3 is 2.95 bits per heavy atom. The topological polar surface area (TPSA) is 46.3 Å². The molecular formula is C14H17ClN2OS. The highest BCUT2D eigenvalue weighted by Gasteiger charge is 2.23. The molecule has 2 aromatic rings. The predicted molar refractivity (Wildman–Crippen MR) is 82.2 cm³/mol. The van der Waals surface area contributed by atoms with Crippen LogP contribution in [0.15, 0.2) is 29.6 Å². The molecule has 0 spiro atoms. The van der Waals surface area contributed by atoms with Crippen molar-refractivity contribution >= 4 is 39.7 Å². The van der Waals surface area contributed by atoms with Crippen LogP contribution in [0.3, 0.4) is 0 Å². The van der Waals surface area contributed by atoms with Gasteiger partial charge in [-0.05, 0) is 18.9 Å². The number of nitrogens with zero attached hydrogens (tertiary/aromatic N) is 1. The van der Waals surface area contributed by atoms with Gasteiger partial charge in [0.05, 0.1) is 5.56 Å². The van der Waals surface area contributed by atoms with Crippen molar-refractivity contribution in [2.45, 2.75) is 18.9 Å². The summed E-state index contributed by atoms with van der Waals surface area (Å²) in [6.07, 6.45) is 2.03. The minimum atomic E-state index is 0. The van der Waals surface area contributed by atoms with Gasteiger partial charge in [0.15, 0.2) is 0 Å². The van der Waals surface area contributed by atoms with E-state index in [2.05, 4.69) is 6.07 Å².